The fraction of sp³-hybridized carbons (Fsp3) is 0.429. The van der Waals surface area contributed by atoms with Gasteiger partial charge in [-0.25, -0.2) is 0 Å². The van der Waals surface area contributed by atoms with E-state index in [-0.39, 0.29) is 5.91 Å². The monoisotopic (exact) mass is 290 g/mol. The Morgan fingerprint density at radius 2 is 2.25 bits per heavy atom. The van der Waals surface area contributed by atoms with Crippen LogP contribution in [-0.4, -0.2) is 58.1 Å². The molecule has 1 N–H and O–H groups in total. The molecule has 0 radical (unpaired) electrons. The highest BCUT2D eigenvalue weighted by molar-refractivity contribution is 6.31. The van der Waals surface area contributed by atoms with E-state index >= 15 is 0 Å². The Bertz CT molecular complexity index is 683. The molecule has 2 aliphatic heterocycles. The fourth-order valence-electron chi connectivity index (χ4n) is 3.25. The zero-order valence-corrected chi connectivity index (χ0v) is 11.7. The summed E-state index contributed by atoms with van der Waals surface area (Å²) in [6, 6.07) is 5.79. The van der Waals surface area contributed by atoms with Crippen molar-refractivity contribution in [3.8, 4) is 0 Å². The number of amides is 1. The van der Waals surface area contributed by atoms with Gasteiger partial charge < -0.3 is 4.90 Å². The smallest absolute Gasteiger partial charge is 0.275 e. The summed E-state index contributed by atoms with van der Waals surface area (Å²) in [5.41, 5.74) is 1.34. The molecule has 1 aromatic carbocycles. The zero-order chi connectivity index (χ0) is 13.7. The Hall–Kier alpha value is -1.59. The van der Waals surface area contributed by atoms with Crippen LogP contribution in [0.5, 0.6) is 0 Å². The van der Waals surface area contributed by atoms with E-state index < -0.39 is 0 Å². The molecule has 3 heterocycles. The van der Waals surface area contributed by atoms with E-state index in [1.165, 1.54) is 0 Å². The number of benzene rings is 1. The van der Waals surface area contributed by atoms with Crippen LogP contribution < -0.4 is 0 Å². The maximum atomic E-state index is 12.8. The maximum absolute atomic E-state index is 12.8. The second-order valence-corrected chi connectivity index (χ2v) is 5.94. The first-order chi connectivity index (χ1) is 9.72. The summed E-state index contributed by atoms with van der Waals surface area (Å²) >= 11 is 6.03. The molecule has 20 heavy (non-hydrogen) atoms. The van der Waals surface area contributed by atoms with Crippen molar-refractivity contribution in [2.45, 2.75) is 12.5 Å². The second-order valence-electron chi connectivity index (χ2n) is 5.50. The normalized spacial score (nSPS) is 25.4. The lowest BCUT2D eigenvalue weighted by Gasteiger charge is -2.33. The average Bonchev–Trinajstić information content (AvgIpc) is 3.02. The quantitative estimate of drug-likeness (QED) is 0.870. The number of rotatable bonds is 1. The SMILES string of the molecule is O=C(c1n[nH]c2ccc(Cl)cc12)N1CCN2CCC1C2. The van der Waals surface area contributed by atoms with Crippen LogP contribution in [0.2, 0.25) is 5.02 Å². The van der Waals surface area contributed by atoms with Crippen molar-refractivity contribution >= 4 is 28.4 Å². The highest BCUT2D eigenvalue weighted by Crippen LogP contribution is 2.26. The predicted octanol–water partition coefficient (Wildman–Crippen LogP) is 1.75. The molecule has 2 aromatic rings. The topological polar surface area (TPSA) is 52.2 Å². The number of nitrogens with one attached hydrogen (secondary N) is 1. The Morgan fingerprint density at radius 3 is 3.15 bits per heavy atom. The Labute approximate surface area is 121 Å². The fourth-order valence-corrected chi connectivity index (χ4v) is 3.43. The van der Waals surface area contributed by atoms with Crippen molar-refractivity contribution < 1.29 is 4.79 Å². The number of piperazine rings is 1. The van der Waals surface area contributed by atoms with Crippen LogP contribution in [0.25, 0.3) is 10.9 Å². The van der Waals surface area contributed by atoms with Gasteiger partial charge in [0, 0.05) is 42.6 Å². The van der Waals surface area contributed by atoms with Gasteiger partial charge in [0.1, 0.15) is 0 Å². The Morgan fingerprint density at radius 1 is 1.35 bits per heavy atom. The third kappa shape index (κ3) is 1.81. The first-order valence-corrected chi connectivity index (χ1v) is 7.27. The molecule has 2 unspecified atom stereocenters. The molecule has 2 atom stereocenters. The van der Waals surface area contributed by atoms with Gasteiger partial charge in [0.05, 0.1) is 5.52 Å². The number of aromatic nitrogens is 2. The van der Waals surface area contributed by atoms with E-state index in [0.717, 1.165) is 43.5 Å². The van der Waals surface area contributed by atoms with Gasteiger partial charge in [0.15, 0.2) is 5.69 Å². The molecule has 2 aliphatic rings. The molecule has 0 aliphatic carbocycles. The van der Waals surface area contributed by atoms with Gasteiger partial charge in [-0.2, -0.15) is 5.10 Å². The van der Waals surface area contributed by atoms with Crippen molar-refractivity contribution in [3.05, 3.63) is 28.9 Å². The molecule has 2 fully saturated rings. The molecular weight excluding hydrogens is 276 g/mol. The number of hydrogen-bond acceptors (Lipinski definition) is 3. The standard InChI is InChI=1S/C14H15ClN4O/c15-9-1-2-12-11(7-9)13(17-16-12)14(20)19-6-5-18-4-3-10(19)8-18/h1-2,7,10H,3-6,8H2,(H,16,17). The summed E-state index contributed by atoms with van der Waals surface area (Å²) in [6.45, 7) is 3.85. The molecule has 6 heteroatoms. The van der Waals surface area contributed by atoms with Crippen LogP contribution in [0.4, 0.5) is 0 Å². The van der Waals surface area contributed by atoms with E-state index in [9.17, 15) is 4.79 Å². The number of carbonyl (C=O) groups excluding carboxylic acids is 1. The molecule has 0 saturated carbocycles. The maximum Gasteiger partial charge on any atom is 0.275 e. The summed E-state index contributed by atoms with van der Waals surface area (Å²) in [7, 11) is 0. The van der Waals surface area contributed by atoms with E-state index in [1.807, 2.05) is 11.0 Å². The predicted molar refractivity (Wildman–Crippen MR) is 77.0 cm³/mol. The lowest BCUT2D eigenvalue weighted by molar-refractivity contribution is 0.0605. The van der Waals surface area contributed by atoms with Gasteiger partial charge in [-0.05, 0) is 24.6 Å². The molecule has 2 saturated heterocycles. The van der Waals surface area contributed by atoms with Crippen molar-refractivity contribution in [2.75, 3.05) is 26.2 Å². The second kappa shape index (κ2) is 4.46. The minimum atomic E-state index is 0.0186. The van der Waals surface area contributed by atoms with Gasteiger partial charge in [0.25, 0.3) is 5.91 Å². The van der Waals surface area contributed by atoms with Crippen molar-refractivity contribution in [1.82, 2.24) is 20.0 Å². The molecule has 0 spiro atoms. The Kier molecular flexibility index (Phi) is 2.72. The van der Waals surface area contributed by atoms with Crippen LogP contribution in [0, 0.1) is 0 Å². The highest BCUT2D eigenvalue weighted by Gasteiger charge is 2.36. The van der Waals surface area contributed by atoms with E-state index in [2.05, 4.69) is 15.1 Å². The number of hydrogen-bond donors (Lipinski definition) is 1. The number of aromatic amines is 1. The highest BCUT2D eigenvalue weighted by atomic mass is 35.5. The summed E-state index contributed by atoms with van der Waals surface area (Å²) in [6.07, 6.45) is 1.06. The summed E-state index contributed by atoms with van der Waals surface area (Å²) < 4.78 is 0. The van der Waals surface area contributed by atoms with Crippen LogP contribution in [0.1, 0.15) is 16.9 Å². The molecule has 5 nitrogen and oxygen atoms in total. The minimum Gasteiger partial charge on any atom is -0.332 e. The molecule has 4 rings (SSSR count). The van der Waals surface area contributed by atoms with Crippen molar-refractivity contribution in [1.29, 1.82) is 0 Å². The van der Waals surface area contributed by atoms with Crippen LogP contribution in [0.3, 0.4) is 0 Å². The van der Waals surface area contributed by atoms with Crippen LogP contribution in [-0.2, 0) is 0 Å². The minimum absolute atomic E-state index is 0.0186. The first-order valence-electron chi connectivity index (χ1n) is 6.89. The third-order valence-corrected chi connectivity index (χ3v) is 4.57. The average molecular weight is 291 g/mol. The number of fused-ring (bicyclic) bond motifs is 3. The Balaban J connectivity index is 1.71. The summed E-state index contributed by atoms with van der Waals surface area (Å²) in [5, 5.41) is 8.55. The van der Waals surface area contributed by atoms with E-state index in [1.54, 1.807) is 12.1 Å². The van der Waals surface area contributed by atoms with E-state index in [4.69, 9.17) is 11.6 Å². The molecule has 104 valence electrons. The van der Waals surface area contributed by atoms with Crippen LogP contribution in [0.15, 0.2) is 18.2 Å². The molecule has 2 bridgehead atoms. The van der Waals surface area contributed by atoms with Crippen molar-refractivity contribution in [2.24, 2.45) is 0 Å². The third-order valence-electron chi connectivity index (χ3n) is 4.33. The number of nitrogens with zero attached hydrogens (tertiary/aromatic N) is 3. The van der Waals surface area contributed by atoms with Gasteiger partial charge in [-0.3, -0.25) is 14.8 Å². The van der Waals surface area contributed by atoms with Gasteiger partial charge in [-0.15, -0.1) is 0 Å². The lowest BCUT2D eigenvalue weighted by atomic mass is 10.1. The van der Waals surface area contributed by atoms with Gasteiger partial charge >= 0.3 is 0 Å². The molecule has 1 aromatic heterocycles. The molecule has 1 amide bonds. The number of halogens is 1. The zero-order valence-electron chi connectivity index (χ0n) is 11.0. The first kappa shape index (κ1) is 12.2. The van der Waals surface area contributed by atoms with Crippen LogP contribution >= 0.6 is 11.6 Å². The lowest BCUT2D eigenvalue weighted by Crippen LogP contribution is -2.49. The van der Waals surface area contributed by atoms with Gasteiger partial charge in [0.2, 0.25) is 0 Å². The number of H-pyrrole nitrogens is 1. The van der Waals surface area contributed by atoms with Crippen molar-refractivity contribution in [3.63, 3.8) is 0 Å². The number of carbonyl (C=O) groups is 1. The largest absolute Gasteiger partial charge is 0.332 e. The van der Waals surface area contributed by atoms with E-state index in [0.29, 0.717) is 16.8 Å². The summed E-state index contributed by atoms with van der Waals surface area (Å²) in [4.78, 5) is 17.1. The van der Waals surface area contributed by atoms with Gasteiger partial charge in [-0.1, -0.05) is 11.6 Å². The summed E-state index contributed by atoms with van der Waals surface area (Å²) in [5.74, 6) is 0.0186. The molecular formula is C14H15ClN4O.